The number of benzene rings is 2. The summed E-state index contributed by atoms with van der Waals surface area (Å²) >= 11 is 0. The molecule has 3 rings (SSSR count). The minimum absolute atomic E-state index is 0.0489. The van der Waals surface area contributed by atoms with Gasteiger partial charge in [0.25, 0.3) is 11.6 Å². The van der Waals surface area contributed by atoms with Crippen LogP contribution in [0.2, 0.25) is 0 Å². The lowest BCUT2D eigenvalue weighted by molar-refractivity contribution is -0.384. The number of hydrogen-bond acceptors (Lipinski definition) is 7. The number of amides is 1. The van der Waals surface area contributed by atoms with Crippen LogP contribution in [0.15, 0.2) is 36.4 Å². The number of aromatic hydroxyl groups is 1. The fourth-order valence-electron chi connectivity index (χ4n) is 3.15. The van der Waals surface area contributed by atoms with Crippen LogP contribution < -0.4 is 14.4 Å². The zero-order valence-corrected chi connectivity index (χ0v) is 15.6. The maximum Gasteiger partial charge on any atom is 0.269 e. The molecule has 9 nitrogen and oxygen atoms in total. The predicted molar refractivity (Wildman–Crippen MR) is 102 cm³/mol. The van der Waals surface area contributed by atoms with E-state index >= 15 is 0 Å². The van der Waals surface area contributed by atoms with Crippen LogP contribution in [0.1, 0.15) is 10.4 Å². The molecule has 0 unspecified atom stereocenters. The van der Waals surface area contributed by atoms with Gasteiger partial charge in [0.15, 0.2) is 11.5 Å². The number of hydrogen-bond donors (Lipinski definition) is 1. The Morgan fingerprint density at radius 3 is 2.04 bits per heavy atom. The number of methoxy groups -OCH3 is 2. The number of anilines is 1. The average Bonchev–Trinajstić information content (AvgIpc) is 2.73. The van der Waals surface area contributed by atoms with E-state index < -0.39 is 4.92 Å². The van der Waals surface area contributed by atoms with Gasteiger partial charge in [-0.1, -0.05) is 0 Å². The number of carbonyl (C=O) groups is 1. The molecule has 1 amide bonds. The molecule has 1 N–H and O–H groups in total. The fourth-order valence-corrected chi connectivity index (χ4v) is 3.15. The number of phenolic OH excluding ortho intramolecular Hbond substituents is 1. The number of phenols is 1. The highest BCUT2D eigenvalue weighted by Gasteiger charge is 2.24. The van der Waals surface area contributed by atoms with E-state index in [4.69, 9.17) is 9.47 Å². The van der Waals surface area contributed by atoms with Crippen molar-refractivity contribution in [3.8, 4) is 17.2 Å². The molecule has 28 heavy (non-hydrogen) atoms. The summed E-state index contributed by atoms with van der Waals surface area (Å²) in [5.74, 6) is 0.0175. The van der Waals surface area contributed by atoms with E-state index in [1.54, 1.807) is 17.0 Å². The lowest BCUT2D eigenvalue weighted by Gasteiger charge is -2.36. The number of non-ortho nitro benzene ring substituents is 1. The molecule has 148 valence electrons. The Labute approximate surface area is 161 Å². The zero-order valence-electron chi connectivity index (χ0n) is 15.6. The van der Waals surface area contributed by atoms with E-state index in [0.717, 1.165) is 5.69 Å². The van der Waals surface area contributed by atoms with E-state index in [9.17, 15) is 20.0 Å². The molecular formula is C19H21N3O6. The van der Waals surface area contributed by atoms with Crippen LogP contribution in [0.25, 0.3) is 0 Å². The Morgan fingerprint density at radius 2 is 1.57 bits per heavy atom. The first-order chi connectivity index (χ1) is 13.4. The van der Waals surface area contributed by atoms with Crippen molar-refractivity contribution < 1.29 is 24.3 Å². The zero-order chi connectivity index (χ0) is 20.3. The van der Waals surface area contributed by atoms with Gasteiger partial charge in [0.1, 0.15) is 0 Å². The molecule has 2 aromatic rings. The highest BCUT2D eigenvalue weighted by Crippen LogP contribution is 2.37. The largest absolute Gasteiger partial charge is 0.502 e. The van der Waals surface area contributed by atoms with Gasteiger partial charge in [-0.25, -0.2) is 0 Å². The van der Waals surface area contributed by atoms with Gasteiger partial charge >= 0.3 is 0 Å². The number of carbonyl (C=O) groups excluding carboxylic acids is 1. The van der Waals surface area contributed by atoms with Crippen molar-refractivity contribution in [1.82, 2.24) is 4.90 Å². The molecule has 1 aliphatic heterocycles. The summed E-state index contributed by atoms with van der Waals surface area (Å²) in [4.78, 5) is 27.0. The third kappa shape index (κ3) is 3.78. The summed E-state index contributed by atoms with van der Waals surface area (Å²) in [6, 6.07) is 9.35. The van der Waals surface area contributed by atoms with Gasteiger partial charge < -0.3 is 24.4 Å². The summed E-state index contributed by atoms with van der Waals surface area (Å²) in [6.45, 7) is 2.22. The second-order valence-electron chi connectivity index (χ2n) is 6.28. The second kappa shape index (κ2) is 8.03. The minimum Gasteiger partial charge on any atom is -0.502 e. The van der Waals surface area contributed by atoms with Gasteiger partial charge in [-0.05, 0) is 24.3 Å². The van der Waals surface area contributed by atoms with E-state index in [1.165, 1.54) is 38.5 Å². The van der Waals surface area contributed by atoms with Crippen molar-refractivity contribution in [1.29, 1.82) is 0 Å². The number of nitro benzene ring substituents is 1. The molecule has 0 bridgehead atoms. The van der Waals surface area contributed by atoms with Gasteiger partial charge in [-0.15, -0.1) is 0 Å². The first kappa shape index (κ1) is 19.3. The summed E-state index contributed by atoms with van der Waals surface area (Å²) in [6.07, 6.45) is 0. The Morgan fingerprint density at radius 1 is 1.04 bits per heavy atom. The molecule has 0 saturated carbocycles. The summed E-state index contributed by atoms with van der Waals surface area (Å²) < 4.78 is 10.2. The summed E-state index contributed by atoms with van der Waals surface area (Å²) in [7, 11) is 2.82. The van der Waals surface area contributed by atoms with E-state index in [0.29, 0.717) is 31.7 Å². The third-order valence-electron chi connectivity index (χ3n) is 4.72. The fraction of sp³-hybridized carbons (Fsp3) is 0.316. The highest BCUT2D eigenvalue weighted by atomic mass is 16.6. The molecule has 1 aliphatic rings. The molecule has 0 aliphatic carbocycles. The monoisotopic (exact) mass is 387 g/mol. The topological polar surface area (TPSA) is 105 Å². The van der Waals surface area contributed by atoms with Gasteiger partial charge in [-0.2, -0.15) is 0 Å². The Balaban J connectivity index is 1.69. The Bertz CT molecular complexity index is 851. The molecule has 0 atom stereocenters. The van der Waals surface area contributed by atoms with Crippen molar-refractivity contribution in [2.45, 2.75) is 0 Å². The maximum atomic E-state index is 12.8. The Kier molecular flexibility index (Phi) is 5.53. The first-order valence-electron chi connectivity index (χ1n) is 8.68. The quantitative estimate of drug-likeness (QED) is 0.620. The Hall–Kier alpha value is -3.49. The molecule has 0 radical (unpaired) electrons. The minimum atomic E-state index is -0.430. The molecule has 1 heterocycles. The highest BCUT2D eigenvalue weighted by molar-refractivity contribution is 5.95. The van der Waals surface area contributed by atoms with Crippen LogP contribution >= 0.6 is 0 Å². The van der Waals surface area contributed by atoms with Crippen molar-refractivity contribution in [2.24, 2.45) is 0 Å². The van der Waals surface area contributed by atoms with Gasteiger partial charge in [0, 0.05) is 49.6 Å². The van der Waals surface area contributed by atoms with Gasteiger partial charge in [0.2, 0.25) is 5.75 Å². The number of ether oxygens (including phenoxy) is 2. The summed E-state index contributed by atoms with van der Waals surface area (Å²) in [5, 5.41) is 20.8. The lowest BCUT2D eigenvalue weighted by atomic mass is 10.1. The molecule has 2 aromatic carbocycles. The molecule has 0 aromatic heterocycles. The maximum absolute atomic E-state index is 12.8. The SMILES string of the molecule is COc1cc(C(=O)N2CCN(c3ccc([N+](=O)[O-])cc3)CC2)cc(OC)c1O. The number of piperazine rings is 1. The second-order valence-corrected chi connectivity index (χ2v) is 6.28. The van der Waals surface area contributed by atoms with E-state index in [2.05, 4.69) is 4.90 Å². The van der Waals surface area contributed by atoms with Crippen LogP contribution in [-0.2, 0) is 0 Å². The number of nitrogens with zero attached hydrogens (tertiary/aromatic N) is 3. The molecule has 1 fully saturated rings. The van der Waals surface area contributed by atoms with Crippen molar-refractivity contribution in [3.63, 3.8) is 0 Å². The van der Waals surface area contributed by atoms with Crippen LogP contribution in [0, 0.1) is 10.1 Å². The van der Waals surface area contributed by atoms with E-state index in [-0.39, 0.29) is 28.8 Å². The normalized spacial score (nSPS) is 13.9. The van der Waals surface area contributed by atoms with Crippen molar-refractivity contribution in [2.75, 3.05) is 45.3 Å². The molecule has 0 spiro atoms. The van der Waals surface area contributed by atoms with E-state index in [1.807, 2.05) is 0 Å². The van der Waals surface area contributed by atoms with Crippen LogP contribution in [-0.4, -0.2) is 61.2 Å². The first-order valence-corrected chi connectivity index (χ1v) is 8.68. The molecule has 1 saturated heterocycles. The summed E-state index contributed by atoms with van der Waals surface area (Å²) in [5.41, 5.74) is 1.30. The van der Waals surface area contributed by atoms with Crippen molar-refractivity contribution in [3.05, 3.63) is 52.1 Å². The van der Waals surface area contributed by atoms with Crippen LogP contribution in [0.4, 0.5) is 11.4 Å². The van der Waals surface area contributed by atoms with Crippen LogP contribution in [0.3, 0.4) is 0 Å². The van der Waals surface area contributed by atoms with Gasteiger partial charge in [-0.3, -0.25) is 14.9 Å². The van der Waals surface area contributed by atoms with Crippen molar-refractivity contribution >= 4 is 17.3 Å². The predicted octanol–water partition coefficient (Wildman–Crippen LogP) is 2.28. The van der Waals surface area contributed by atoms with Crippen LogP contribution in [0.5, 0.6) is 17.2 Å². The van der Waals surface area contributed by atoms with Gasteiger partial charge in [0.05, 0.1) is 19.1 Å². The standard InChI is InChI=1S/C19H21N3O6/c1-27-16-11-13(12-17(28-2)18(16)23)19(24)21-9-7-20(8-10-21)14-3-5-15(6-4-14)22(25)26/h3-6,11-12,23H,7-10H2,1-2H3. The average molecular weight is 387 g/mol. The molecular weight excluding hydrogens is 366 g/mol. The number of rotatable bonds is 5. The third-order valence-corrected chi connectivity index (χ3v) is 4.72. The number of nitro groups is 1. The lowest BCUT2D eigenvalue weighted by Crippen LogP contribution is -2.48. The smallest absolute Gasteiger partial charge is 0.269 e. The molecule has 9 heteroatoms.